The molecule has 3 aromatic rings. The molecule has 0 bridgehead atoms. The lowest BCUT2D eigenvalue weighted by atomic mass is 9.85. The molecule has 0 N–H and O–H groups in total. The fourth-order valence-corrected chi connectivity index (χ4v) is 7.83. The van der Waals surface area contributed by atoms with Crippen LogP contribution in [0.5, 0.6) is 0 Å². The molecule has 3 aromatic carbocycles. The van der Waals surface area contributed by atoms with Gasteiger partial charge < -0.3 is 9.80 Å². The van der Waals surface area contributed by atoms with Crippen LogP contribution in [-0.2, 0) is 40.9 Å². The molecule has 4 aliphatic rings. The number of nitrogens with zero attached hydrogens (tertiary/aromatic N) is 2. The predicted octanol–water partition coefficient (Wildman–Crippen LogP) is 5.91. The SMILES string of the molecule is O=S(OC(c1cc2c3c(c1)CCCN3CCC2)c1cc2c3c(c1)CCCN3CCC2)c1ccccc1. The third-order valence-electron chi connectivity index (χ3n) is 8.43. The van der Waals surface area contributed by atoms with Crippen LogP contribution in [0.4, 0.5) is 11.4 Å². The van der Waals surface area contributed by atoms with Gasteiger partial charge in [-0.15, -0.1) is 0 Å². The smallest absolute Gasteiger partial charge is 0.190 e. The topological polar surface area (TPSA) is 32.8 Å². The van der Waals surface area contributed by atoms with E-state index in [2.05, 4.69) is 34.1 Å². The van der Waals surface area contributed by atoms with E-state index in [0.717, 1.165) is 41.7 Å². The van der Waals surface area contributed by atoms with E-state index in [-0.39, 0.29) is 6.10 Å². The Kier molecular flexibility index (Phi) is 5.86. The number of aryl methyl sites for hydroxylation is 4. The molecule has 1 atom stereocenters. The summed E-state index contributed by atoms with van der Waals surface area (Å²) in [6.07, 6.45) is 8.94. The second-order valence-corrected chi connectivity index (χ2v) is 11.9. The molecule has 0 saturated carbocycles. The number of rotatable bonds is 5. The van der Waals surface area contributed by atoms with E-state index in [9.17, 15) is 4.21 Å². The summed E-state index contributed by atoms with van der Waals surface area (Å²) in [7, 11) is 0. The van der Waals surface area contributed by atoms with Gasteiger partial charge in [0.05, 0.1) is 4.90 Å². The molecule has 5 heteroatoms. The molecule has 4 aliphatic heterocycles. The first-order valence-corrected chi connectivity index (χ1v) is 14.8. The van der Waals surface area contributed by atoms with E-state index >= 15 is 0 Å². The van der Waals surface area contributed by atoms with Crippen LogP contribution in [0.2, 0.25) is 0 Å². The number of hydrogen-bond donors (Lipinski definition) is 0. The molecule has 4 nitrogen and oxygen atoms in total. The lowest BCUT2D eigenvalue weighted by Gasteiger charge is -2.38. The Bertz CT molecular complexity index is 1180. The van der Waals surface area contributed by atoms with Crippen LogP contribution in [0, 0.1) is 0 Å². The molecule has 0 amide bonds. The number of anilines is 2. The van der Waals surface area contributed by atoms with Gasteiger partial charge in [0.25, 0.3) is 0 Å². The summed E-state index contributed by atoms with van der Waals surface area (Å²) < 4.78 is 20.0. The van der Waals surface area contributed by atoms with Crippen LogP contribution < -0.4 is 9.80 Å². The average Bonchev–Trinajstić information content (AvgIpc) is 2.92. The highest BCUT2D eigenvalue weighted by atomic mass is 32.2. The van der Waals surface area contributed by atoms with Gasteiger partial charge >= 0.3 is 0 Å². The van der Waals surface area contributed by atoms with E-state index in [1.54, 1.807) is 0 Å². The van der Waals surface area contributed by atoms with Gasteiger partial charge in [0.2, 0.25) is 0 Å². The van der Waals surface area contributed by atoms with Crippen molar-refractivity contribution in [1.29, 1.82) is 0 Å². The Labute approximate surface area is 216 Å². The minimum Gasteiger partial charge on any atom is -0.371 e. The van der Waals surface area contributed by atoms with E-state index in [1.165, 1.54) is 85.5 Å². The zero-order valence-electron chi connectivity index (χ0n) is 20.9. The van der Waals surface area contributed by atoms with Crippen molar-refractivity contribution in [3.05, 3.63) is 88.0 Å². The van der Waals surface area contributed by atoms with Crippen molar-refractivity contribution < 1.29 is 8.39 Å². The molecule has 186 valence electrons. The summed E-state index contributed by atoms with van der Waals surface area (Å²) in [5.41, 5.74) is 11.0. The highest BCUT2D eigenvalue weighted by Crippen LogP contribution is 2.42. The van der Waals surface area contributed by atoms with Crippen molar-refractivity contribution in [2.75, 3.05) is 36.0 Å². The van der Waals surface area contributed by atoms with Gasteiger partial charge in [0.15, 0.2) is 11.1 Å². The quantitative estimate of drug-likeness (QED) is 0.438. The first kappa shape index (κ1) is 22.6. The van der Waals surface area contributed by atoms with Crippen LogP contribution in [-0.4, -0.2) is 30.4 Å². The van der Waals surface area contributed by atoms with Gasteiger partial charge in [-0.2, -0.15) is 0 Å². The van der Waals surface area contributed by atoms with Gasteiger partial charge in [-0.05, 0) is 96.9 Å². The second kappa shape index (κ2) is 9.35. The van der Waals surface area contributed by atoms with Crippen molar-refractivity contribution >= 4 is 22.5 Å². The second-order valence-electron chi connectivity index (χ2n) is 10.8. The van der Waals surface area contributed by atoms with E-state index in [0.29, 0.717) is 0 Å². The normalized spacial score (nSPS) is 19.1. The molecule has 0 fully saturated rings. The molecule has 7 rings (SSSR count). The maximum absolute atomic E-state index is 13.5. The molecule has 36 heavy (non-hydrogen) atoms. The summed E-state index contributed by atoms with van der Waals surface area (Å²) in [6, 6.07) is 19.1. The first-order valence-electron chi connectivity index (χ1n) is 13.7. The van der Waals surface area contributed by atoms with Crippen LogP contribution in [0.1, 0.15) is 65.2 Å². The number of hydrogen-bond acceptors (Lipinski definition) is 4. The molecule has 0 aliphatic carbocycles. The molecule has 4 heterocycles. The highest BCUT2D eigenvalue weighted by molar-refractivity contribution is 7.80. The number of benzene rings is 3. The summed E-state index contributed by atoms with van der Waals surface area (Å²) in [4.78, 5) is 5.88. The van der Waals surface area contributed by atoms with E-state index < -0.39 is 11.1 Å². The monoisotopic (exact) mass is 498 g/mol. The van der Waals surface area contributed by atoms with Crippen molar-refractivity contribution in [2.24, 2.45) is 0 Å². The molecule has 0 radical (unpaired) electrons. The summed E-state index contributed by atoms with van der Waals surface area (Å²) in [5.74, 6) is 0. The summed E-state index contributed by atoms with van der Waals surface area (Å²) in [5, 5.41) is 0. The largest absolute Gasteiger partial charge is 0.371 e. The Balaban J connectivity index is 1.35. The minimum atomic E-state index is -1.54. The predicted molar refractivity (Wildman–Crippen MR) is 146 cm³/mol. The lowest BCUT2D eigenvalue weighted by molar-refractivity contribution is 0.274. The standard InChI is InChI=1S/C31H34N2O2S/c34-36(28-12-2-1-3-13-28)35-31(26-18-22-8-4-14-32-15-5-9-23(19-26)29(22)32)27-20-24-10-6-16-33-17-7-11-25(21-27)30(24)33/h1-3,12-13,18-21,31H,4-11,14-17H2. The summed E-state index contributed by atoms with van der Waals surface area (Å²) in [6.45, 7) is 4.67. The van der Waals surface area contributed by atoms with Crippen LogP contribution >= 0.6 is 0 Å². The van der Waals surface area contributed by atoms with Gasteiger partial charge in [0, 0.05) is 37.6 Å². The maximum atomic E-state index is 13.5. The average molecular weight is 499 g/mol. The molecule has 0 aromatic heterocycles. The fraction of sp³-hybridized carbons (Fsp3) is 0.419. The maximum Gasteiger partial charge on any atom is 0.190 e. The van der Waals surface area contributed by atoms with Gasteiger partial charge in [0.1, 0.15) is 6.10 Å². The third-order valence-corrected chi connectivity index (χ3v) is 9.46. The fourth-order valence-electron chi connectivity index (χ4n) is 6.94. The molecule has 1 unspecified atom stereocenters. The Morgan fingerprint density at radius 3 is 1.47 bits per heavy atom. The van der Waals surface area contributed by atoms with Crippen LogP contribution in [0.3, 0.4) is 0 Å². The van der Waals surface area contributed by atoms with Gasteiger partial charge in [-0.1, -0.05) is 42.5 Å². The van der Waals surface area contributed by atoms with Crippen LogP contribution in [0.25, 0.3) is 0 Å². The summed E-state index contributed by atoms with van der Waals surface area (Å²) >= 11 is -1.54. The Hall–Kier alpha value is -2.63. The minimum absolute atomic E-state index is 0.344. The molecule has 0 saturated heterocycles. The van der Waals surface area contributed by atoms with Crippen molar-refractivity contribution in [3.8, 4) is 0 Å². The Morgan fingerprint density at radius 1 is 0.639 bits per heavy atom. The third kappa shape index (κ3) is 3.97. The Morgan fingerprint density at radius 2 is 1.06 bits per heavy atom. The lowest BCUT2D eigenvalue weighted by Crippen LogP contribution is -2.35. The van der Waals surface area contributed by atoms with Crippen molar-refractivity contribution in [2.45, 2.75) is 62.4 Å². The first-order chi connectivity index (χ1) is 17.7. The zero-order chi connectivity index (χ0) is 24.1. The molecular formula is C31H34N2O2S. The van der Waals surface area contributed by atoms with Crippen molar-refractivity contribution in [3.63, 3.8) is 0 Å². The van der Waals surface area contributed by atoms with Gasteiger partial charge in [-0.25, -0.2) is 4.21 Å². The molecule has 0 spiro atoms. The van der Waals surface area contributed by atoms with E-state index in [4.69, 9.17) is 4.18 Å². The van der Waals surface area contributed by atoms with Gasteiger partial charge in [-0.3, -0.25) is 4.18 Å². The zero-order valence-corrected chi connectivity index (χ0v) is 21.7. The molecular weight excluding hydrogens is 464 g/mol. The highest BCUT2D eigenvalue weighted by Gasteiger charge is 2.30. The van der Waals surface area contributed by atoms with Crippen molar-refractivity contribution in [1.82, 2.24) is 0 Å². The van der Waals surface area contributed by atoms with Crippen LogP contribution in [0.15, 0.2) is 59.5 Å². The van der Waals surface area contributed by atoms with E-state index in [1.807, 2.05) is 30.3 Å².